The first-order valence-corrected chi connectivity index (χ1v) is 14.2. The van der Waals surface area contributed by atoms with Gasteiger partial charge in [0, 0.05) is 0 Å². The molecule has 42 heteroatoms. The highest BCUT2D eigenvalue weighted by Gasteiger charge is 2.98. The fourth-order valence-electron chi connectivity index (χ4n) is 2.62. The molecular weight excluding hydrogens is 998 g/mol. The van der Waals surface area contributed by atoms with Gasteiger partial charge in [0.05, 0.1) is 0 Å². The smallest absolute Gasteiger partial charge is 0.281 e. The Labute approximate surface area is 290 Å². The van der Waals surface area contributed by atoms with Crippen LogP contribution >= 0.6 is 0 Å². The van der Waals surface area contributed by atoms with Gasteiger partial charge < -0.3 is 0 Å². The van der Waals surface area contributed by atoms with Crippen molar-refractivity contribution in [3.63, 3.8) is 0 Å². The molecule has 0 amide bonds. The van der Waals surface area contributed by atoms with Crippen molar-refractivity contribution < 1.29 is 175 Å². The van der Waals surface area contributed by atoms with Crippen LogP contribution in [0.5, 0.6) is 0 Å². The maximum Gasteiger partial charge on any atom is 0.460 e. The molecule has 0 aromatic carbocycles. The summed E-state index contributed by atoms with van der Waals surface area (Å²) in [6, 6.07) is 0. The van der Waals surface area contributed by atoms with Crippen molar-refractivity contribution in [2.24, 2.45) is 0 Å². The normalized spacial score (nSPS) is 16.9. The summed E-state index contributed by atoms with van der Waals surface area (Å²) in [6.07, 6.45) is -15.8. The molecule has 0 aliphatic heterocycles. The molecule has 0 heterocycles. The van der Waals surface area contributed by atoms with Gasteiger partial charge in [-0.2, -0.15) is 166 Å². The van der Waals surface area contributed by atoms with Crippen LogP contribution in [0.15, 0.2) is 0 Å². The Morgan fingerprint density at radius 3 is 0.414 bits per heavy atom. The Balaban J connectivity index is 0. The van der Waals surface area contributed by atoms with Crippen LogP contribution in [-0.2, 0) is 20.2 Å². The first-order chi connectivity index (χ1) is 24.0. The highest BCUT2D eigenvalue weighted by atomic mass is 32.2. The highest BCUT2D eigenvalue weighted by Crippen LogP contribution is 2.66. The van der Waals surface area contributed by atoms with Crippen LogP contribution in [0.2, 0.25) is 0 Å². The largest absolute Gasteiger partial charge is 0.460 e. The molecule has 0 fully saturated rings. The summed E-state index contributed by atoms with van der Waals surface area (Å²) >= 11 is 0. The van der Waals surface area contributed by atoms with E-state index in [4.69, 9.17) is 9.11 Å². The molecule has 0 spiro atoms. The third kappa shape index (κ3) is 7.35. The molecule has 6 nitrogen and oxygen atoms in total. The van der Waals surface area contributed by atoms with E-state index in [2.05, 4.69) is 0 Å². The van der Waals surface area contributed by atoms with E-state index in [1.807, 2.05) is 0 Å². The zero-order valence-corrected chi connectivity index (χ0v) is 25.8. The van der Waals surface area contributed by atoms with Gasteiger partial charge in [0.1, 0.15) is 0 Å². The third-order valence-electron chi connectivity index (χ3n) is 6.03. The topological polar surface area (TPSA) is 109 Å². The van der Waals surface area contributed by atoms with Gasteiger partial charge in [-0.05, 0) is 0 Å². The van der Waals surface area contributed by atoms with Crippen LogP contribution < -0.4 is 0 Å². The standard InChI is InChI=1S/2C8HF17O3S/c2*9-1(10,3(13,14)5(17,18)7(21,22)23)2(11,12)4(15,16)6(19,20)8(24,25)29(26,27)28/h2*(H,26,27,28). The summed E-state index contributed by atoms with van der Waals surface area (Å²) in [5.41, 5.74) is 0. The second-order valence-electron chi connectivity index (χ2n) is 9.87. The summed E-state index contributed by atoms with van der Waals surface area (Å²) in [5.74, 6) is -104. The summed E-state index contributed by atoms with van der Waals surface area (Å²) in [7, 11) is -15.8. The van der Waals surface area contributed by atoms with Crippen LogP contribution in [0.3, 0.4) is 0 Å². The predicted molar refractivity (Wildman–Crippen MR) is 104 cm³/mol. The Hall–Kier alpha value is -2.56. The number of hydrogen-bond acceptors (Lipinski definition) is 4. The van der Waals surface area contributed by atoms with E-state index in [1.165, 1.54) is 0 Å². The molecule has 0 bridgehead atoms. The van der Waals surface area contributed by atoms with Crippen molar-refractivity contribution in [2.75, 3.05) is 0 Å². The molecule has 58 heavy (non-hydrogen) atoms. The molecular formula is C16H2F34O6S2. The van der Waals surface area contributed by atoms with Gasteiger partial charge in [-0.25, -0.2) is 0 Å². The van der Waals surface area contributed by atoms with Crippen molar-refractivity contribution in [2.45, 2.75) is 93.9 Å². The van der Waals surface area contributed by atoms with Gasteiger partial charge in [0.15, 0.2) is 0 Å². The molecule has 0 aliphatic rings. The SMILES string of the molecule is O=S(=O)(O)C(F)(F)C(F)(F)C(F)(F)C(F)(F)C(F)(F)C(F)(F)C(F)(F)C(F)(F)F.O=S(=O)(O)C(F)(F)C(F)(F)C(F)(F)C(F)(F)C(F)(F)C(F)(F)C(F)(F)C(F)(F)F. The second-order valence-corrected chi connectivity index (χ2v) is 12.8. The third-order valence-corrected chi connectivity index (χ3v) is 7.84. The molecule has 0 aliphatic carbocycles. The summed E-state index contributed by atoms with van der Waals surface area (Å²) < 4.78 is 485. The molecule has 0 radical (unpaired) electrons. The fourth-order valence-corrected chi connectivity index (χ4v) is 3.53. The molecule has 0 aromatic rings. The number of hydrogen-bond donors (Lipinski definition) is 2. The molecule has 352 valence electrons. The van der Waals surface area contributed by atoms with Crippen molar-refractivity contribution in [1.82, 2.24) is 0 Å². The maximum absolute atomic E-state index is 13.0. The Morgan fingerprint density at radius 1 is 0.207 bits per heavy atom. The molecule has 0 saturated carbocycles. The molecule has 0 rings (SSSR count). The molecule has 0 saturated heterocycles. The van der Waals surface area contributed by atoms with E-state index in [0.717, 1.165) is 0 Å². The van der Waals surface area contributed by atoms with E-state index in [0.29, 0.717) is 0 Å². The minimum atomic E-state index is -8.89. The van der Waals surface area contributed by atoms with Crippen molar-refractivity contribution in [3.05, 3.63) is 0 Å². The average molecular weight is 1000 g/mol. The first kappa shape index (κ1) is 57.5. The zero-order valence-electron chi connectivity index (χ0n) is 24.2. The lowest BCUT2D eigenvalue weighted by Crippen LogP contribution is -2.74. The maximum atomic E-state index is 13.0. The van der Waals surface area contributed by atoms with E-state index < -0.39 is 114 Å². The van der Waals surface area contributed by atoms with Gasteiger partial charge in [-0.3, -0.25) is 9.11 Å². The van der Waals surface area contributed by atoms with E-state index in [-0.39, 0.29) is 0 Å². The van der Waals surface area contributed by atoms with Crippen LogP contribution in [0, 0.1) is 0 Å². The fraction of sp³-hybridized carbons (Fsp3) is 1.00. The summed E-state index contributed by atoms with van der Waals surface area (Å²) in [6.45, 7) is 0. The number of halogens is 34. The Morgan fingerprint density at radius 2 is 0.310 bits per heavy atom. The first-order valence-electron chi connectivity index (χ1n) is 11.4. The van der Waals surface area contributed by atoms with Gasteiger partial charge >= 0.3 is 114 Å². The van der Waals surface area contributed by atoms with Gasteiger partial charge in [-0.1, -0.05) is 0 Å². The van der Waals surface area contributed by atoms with Gasteiger partial charge in [0.2, 0.25) is 0 Å². The second kappa shape index (κ2) is 14.0. The monoisotopic (exact) mass is 1000 g/mol. The van der Waals surface area contributed by atoms with Crippen LogP contribution in [-0.4, -0.2) is 120 Å². The van der Waals surface area contributed by atoms with Gasteiger partial charge in [-0.15, -0.1) is 0 Å². The lowest BCUT2D eigenvalue weighted by Gasteiger charge is -2.42. The molecule has 0 unspecified atom stereocenters. The minimum Gasteiger partial charge on any atom is -0.281 e. The zero-order chi connectivity index (χ0) is 49.0. The number of alkyl halides is 34. The lowest BCUT2D eigenvalue weighted by atomic mass is 9.91. The Bertz CT molecular complexity index is 1590. The average Bonchev–Trinajstić information content (AvgIpc) is 2.93. The Kier molecular flexibility index (Phi) is 13.9. The van der Waals surface area contributed by atoms with Crippen LogP contribution in [0.4, 0.5) is 149 Å². The van der Waals surface area contributed by atoms with Crippen molar-refractivity contribution in [3.8, 4) is 0 Å². The molecule has 2 N–H and O–H groups in total. The molecule has 0 aromatic heterocycles. The quantitative estimate of drug-likeness (QED) is 0.133. The summed E-state index contributed by atoms with van der Waals surface area (Å²) in [5, 5.41) is -15.7. The van der Waals surface area contributed by atoms with Crippen LogP contribution in [0.25, 0.3) is 0 Å². The van der Waals surface area contributed by atoms with Crippen molar-refractivity contribution in [1.29, 1.82) is 0 Å². The van der Waals surface area contributed by atoms with E-state index in [9.17, 15) is 166 Å². The predicted octanol–water partition coefficient (Wildman–Crippen LogP) is 9.68. The number of rotatable bonds is 14. The van der Waals surface area contributed by atoms with Crippen molar-refractivity contribution >= 4 is 20.2 Å². The van der Waals surface area contributed by atoms with E-state index >= 15 is 0 Å². The highest BCUT2D eigenvalue weighted by molar-refractivity contribution is 7.87. The van der Waals surface area contributed by atoms with E-state index in [1.54, 1.807) is 0 Å². The van der Waals surface area contributed by atoms with Gasteiger partial charge in [0.25, 0.3) is 0 Å². The van der Waals surface area contributed by atoms with Crippen LogP contribution in [0.1, 0.15) is 0 Å². The molecule has 0 atom stereocenters. The minimum absolute atomic E-state index is 7.67. The lowest BCUT2D eigenvalue weighted by molar-refractivity contribution is -0.458. The summed E-state index contributed by atoms with van der Waals surface area (Å²) in [4.78, 5) is 0.